The van der Waals surface area contributed by atoms with E-state index < -0.39 is 11.6 Å². The number of carbonyl (C=O) groups is 3. The fourth-order valence-corrected chi connectivity index (χ4v) is 5.95. The van der Waals surface area contributed by atoms with Crippen LogP contribution >= 0.6 is 11.3 Å². The maximum Gasteiger partial charge on any atom is 0.325 e. The van der Waals surface area contributed by atoms with Gasteiger partial charge in [0, 0.05) is 33.1 Å². The van der Waals surface area contributed by atoms with Crippen LogP contribution in [-0.4, -0.2) is 33.7 Å². The van der Waals surface area contributed by atoms with E-state index in [1.165, 1.54) is 12.1 Å². The van der Waals surface area contributed by atoms with Crippen LogP contribution in [0.15, 0.2) is 41.8 Å². The first-order valence-corrected chi connectivity index (χ1v) is 11.4. The van der Waals surface area contributed by atoms with Gasteiger partial charge in [0.05, 0.1) is 6.54 Å². The smallest absolute Gasteiger partial charge is 0.319 e. The second-order valence-corrected chi connectivity index (χ2v) is 9.36. The number of aromatic nitrogens is 1. The summed E-state index contributed by atoms with van der Waals surface area (Å²) in [6.07, 6.45) is 2.23. The van der Waals surface area contributed by atoms with Gasteiger partial charge in [-0.1, -0.05) is 0 Å². The largest absolute Gasteiger partial charge is 0.325 e. The lowest BCUT2D eigenvalue weighted by molar-refractivity contribution is -0.131. The second-order valence-electron chi connectivity index (χ2n) is 8.36. The van der Waals surface area contributed by atoms with Crippen molar-refractivity contribution >= 4 is 29.1 Å². The summed E-state index contributed by atoms with van der Waals surface area (Å²) in [5.41, 5.74) is 2.46. The van der Waals surface area contributed by atoms with E-state index in [0.717, 1.165) is 39.6 Å². The molecule has 3 heterocycles. The molecule has 1 saturated heterocycles. The lowest BCUT2D eigenvalue weighted by Crippen LogP contribution is -2.46. The Morgan fingerprint density at radius 2 is 1.94 bits per heavy atom. The second kappa shape index (κ2) is 7.41. The summed E-state index contributed by atoms with van der Waals surface area (Å²) in [6.45, 7) is 3.34. The molecule has 3 aromatic rings. The summed E-state index contributed by atoms with van der Waals surface area (Å²) >= 11 is 1.59. The van der Waals surface area contributed by atoms with Gasteiger partial charge in [-0.05, 0) is 74.9 Å². The minimum absolute atomic E-state index is 0.312. The lowest BCUT2D eigenvalue weighted by Gasteiger charge is -2.31. The van der Waals surface area contributed by atoms with Gasteiger partial charge in [-0.2, -0.15) is 0 Å². The average molecular weight is 452 g/mol. The van der Waals surface area contributed by atoms with Crippen LogP contribution in [0, 0.1) is 19.7 Å². The first-order valence-electron chi connectivity index (χ1n) is 10.5. The van der Waals surface area contributed by atoms with Crippen LogP contribution in [-0.2, 0) is 16.8 Å². The van der Waals surface area contributed by atoms with Crippen molar-refractivity contribution in [2.24, 2.45) is 0 Å². The van der Waals surface area contributed by atoms with Gasteiger partial charge in [0.15, 0.2) is 5.78 Å². The minimum Gasteiger partial charge on any atom is -0.319 e. The summed E-state index contributed by atoms with van der Waals surface area (Å²) in [5.74, 6) is -1.01. The third-order valence-corrected chi connectivity index (χ3v) is 7.44. The normalized spacial score (nSPS) is 20.0. The molecule has 32 heavy (non-hydrogen) atoms. The Bertz CT molecular complexity index is 1260. The molecule has 0 radical (unpaired) electrons. The molecule has 0 bridgehead atoms. The molecule has 1 aromatic carbocycles. The number of urea groups is 1. The molecule has 6 nitrogen and oxygen atoms in total. The van der Waals surface area contributed by atoms with E-state index in [0.29, 0.717) is 17.7 Å². The zero-order chi connectivity index (χ0) is 22.6. The number of benzene rings is 1. The highest BCUT2D eigenvalue weighted by Gasteiger charge is 2.54. The van der Waals surface area contributed by atoms with Crippen molar-refractivity contribution in [2.75, 3.05) is 6.54 Å². The summed E-state index contributed by atoms with van der Waals surface area (Å²) in [7, 11) is 0. The number of rotatable bonds is 4. The van der Waals surface area contributed by atoms with Crippen molar-refractivity contribution in [2.45, 2.75) is 38.6 Å². The van der Waals surface area contributed by atoms with Crippen LogP contribution in [0.1, 0.15) is 45.0 Å². The monoisotopic (exact) mass is 451 g/mol. The third-order valence-electron chi connectivity index (χ3n) is 6.45. The molecule has 164 valence electrons. The molecule has 2 aliphatic rings. The maximum atomic E-state index is 13.4. The number of thiophene rings is 1. The summed E-state index contributed by atoms with van der Waals surface area (Å²) in [4.78, 5) is 41.5. The number of halogens is 1. The first-order chi connectivity index (χ1) is 15.3. The molecule has 1 aliphatic carbocycles. The van der Waals surface area contributed by atoms with Crippen molar-refractivity contribution in [1.82, 2.24) is 14.8 Å². The Hall–Kier alpha value is -3.26. The summed E-state index contributed by atoms with van der Waals surface area (Å²) in [5, 5.41) is 4.82. The third kappa shape index (κ3) is 3.01. The van der Waals surface area contributed by atoms with Gasteiger partial charge in [0.25, 0.3) is 5.91 Å². The Morgan fingerprint density at radius 1 is 1.19 bits per heavy atom. The molecule has 1 spiro atoms. The molecule has 2 aromatic heterocycles. The zero-order valence-corrected chi connectivity index (χ0v) is 18.6. The van der Waals surface area contributed by atoms with E-state index in [1.807, 2.05) is 22.9 Å². The number of ketones is 1. The average Bonchev–Trinajstić information content (AvgIpc) is 3.42. The van der Waals surface area contributed by atoms with Gasteiger partial charge >= 0.3 is 6.03 Å². The molecule has 5 rings (SSSR count). The SMILES string of the molecule is Cc1cc(C(=O)CN2C(=O)N[C@]3(CCCc4sccc43)C2=O)c(C)n1-c1ccc(F)cc1. The standard InChI is InChI=1S/C24H22FN3O3S/c1-14-12-18(15(2)28(14)17-7-5-16(25)6-8-17)20(29)13-27-22(30)24(26-23(27)31)10-3-4-21-19(24)9-11-32-21/h5-9,11-12H,3-4,10,13H2,1-2H3,(H,26,31)/t24-/m0/s1. The summed E-state index contributed by atoms with van der Waals surface area (Å²) < 4.78 is 15.2. The Labute approximate surface area is 188 Å². The number of carbonyl (C=O) groups excluding carboxylic acids is 3. The number of nitrogens with zero attached hydrogens (tertiary/aromatic N) is 2. The number of fused-ring (bicyclic) bond motifs is 2. The molecule has 1 N–H and O–H groups in total. The van der Waals surface area contributed by atoms with E-state index in [1.54, 1.807) is 36.5 Å². The van der Waals surface area contributed by atoms with E-state index in [2.05, 4.69) is 5.32 Å². The van der Waals surface area contributed by atoms with Crippen molar-refractivity contribution in [3.05, 3.63) is 75.0 Å². The molecular weight excluding hydrogens is 429 g/mol. The number of hydrogen-bond acceptors (Lipinski definition) is 4. The molecule has 0 saturated carbocycles. The van der Waals surface area contributed by atoms with Crippen molar-refractivity contribution in [1.29, 1.82) is 0 Å². The fraction of sp³-hybridized carbons (Fsp3) is 0.292. The highest BCUT2D eigenvalue weighted by Crippen LogP contribution is 2.42. The molecule has 1 fully saturated rings. The number of Topliss-reactive ketones (excluding diaryl/α,β-unsaturated/α-hetero) is 1. The Kier molecular flexibility index (Phi) is 4.78. The van der Waals surface area contributed by atoms with Crippen LogP contribution in [0.4, 0.5) is 9.18 Å². The van der Waals surface area contributed by atoms with Crippen molar-refractivity contribution < 1.29 is 18.8 Å². The Balaban J connectivity index is 1.43. The number of hydrogen-bond donors (Lipinski definition) is 1. The van der Waals surface area contributed by atoms with Crippen LogP contribution in [0.3, 0.4) is 0 Å². The molecular formula is C24H22FN3O3S. The van der Waals surface area contributed by atoms with Crippen molar-refractivity contribution in [3.8, 4) is 5.69 Å². The van der Waals surface area contributed by atoms with Gasteiger partial charge in [-0.25, -0.2) is 9.18 Å². The van der Waals surface area contributed by atoms with Crippen LogP contribution in [0.5, 0.6) is 0 Å². The predicted molar refractivity (Wildman–Crippen MR) is 119 cm³/mol. The number of imide groups is 1. The first kappa shape index (κ1) is 20.6. The highest BCUT2D eigenvalue weighted by molar-refractivity contribution is 7.10. The van der Waals surface area contributed by atoms with Gasteiger partial charge in [-0.15, -0.1) is 11.3 Å². The zero-order valence-electron chi connectivity index (χ0n) is 17.8. The van der Waals surface area contributed by atoms with E-state index in [4.69, 9.17) is 0 Å². The quantitative estimate of drug-likeness (QED) is 0.476. The Morgan fingerprint density at radius 3 is 2.69 bits per heavy atom. The summed E-state index contributed by atoms with van der Waals surface area (Å²) in [6, 6.07) is 9.13. The molecule has 1 aliphatic heterocycles. The molecule has 0 unspecified atom stereocenters. The van der Waals surface area contributed by atoms with Crippen LogP contribution in [0.2, 0.25) is 0 Å². The van der Waals surface area contributed by atoms with Gasteiger partial charge in [-0.3, -0.25) is 14.5 Å². The van der Waals surface area contributed by atoms with Crippen molar-refractivity contribution in [3.63, 3.8) is 0 Å². The van der Waals surface area contributed by atoms with E-state index in [9.17, 15) is 18.8 Å². The van der Waals surface area contributed by atoms with Crippen LogP contribution < -0.4 is 5.32 Å². The van der Waals surface area contributed by atoms with Gasteiger partial charge in [0.1, 0.15) is 11.4 Å². The highest BCUT2D eigenvalue weighted by atomic mass is 32.1. The molecule has 8 heteroatoms. The molecule has 3 amide bonds. The van der Waals surface area contributed by atoms with Gasteiger partial charge < -0.3 is 9.88 Å². The van der Waals surface area contributed by atoms with E-state index >= 15 is 0 Å². The van der Waals surface area contributed by atoms with E-state index in [-0.39, 0.29) is 24.1 Å². The maximum absolute atomic E-state index is 13.4. The number of aryl methyl sites for hydroxylation is 2. The van der Waals surface area contributed by atoms with Gasteiger partial charge in [0.2, 0.25) is 0 Å². The predicted octanol–water partition coefficient (Wildman–Crippen LogP) is 4.26. The topological polar surface area (TPSA) is 71.4 Å². The number of nitrogens with one attached hydrogen (secondary N) is 1. The van der Waals surface area contributed by atoms with Crippen LogP contribution in [0.25, 0.3) is 5.69 Å². The fourth-order valence-electron chi connectivity index (χ4n) is 4.95. The molecule has 1 atom stereocenters. The minimum atomic E-state index is -1.06. The number of amides is 3. The lowest BCUT2D eigenvalue weighted by atomic mass is 9.80.